The predicted molar refractivity (Wildman–Crippen MR) is 89.4 cm³/mol. The fourth-order valence-electron chi connectivity index (χ4n) is 2.48. The Bertz CT molecular complexity index is 751. The van der Waals surface area contributed by atoms with Crippen LogP contribution in [0.4, 0.5) is 0 Å². The van der Waals surface area contributed by atoms with Crippen LogP contribution in [0.15, 0.2) is 45.6 Å². The molecule has 0 bridgehead atoms. The number of nitrogens with one attached hydrogen (secondary N) is 1. The van der Waals surface area contributed by atoms with E-state index in [4.69, 9.17) is 4.98 Å². The van der Waals surface area contributed by atoms with Gasteiger partial charge in [0.25, 0.3) is 0 Å². The maximum Gasteiger partial charge on any atom is 0.0768 e. The highest BCUT2D eigenvalue weighted by Crippen LogP contribution is 2.32. The number of aromatic nitrogens is 1. The smallest absolute Gasteiger partial charge is 0.0768 e. The zero-order valence-electron chi connectivity index (χ0n) is 11.4. The summed E-state index contributed by atoms with van der Waals surface area (Å²) in [6.07, 6.45) is 0. The predicted octanol–water partition coefficient (Wildman–Crippen LogP) is 4.68. The zero-order chi connectivity index (χ0) is 14.1. The lowest BCUT2D eigenvalue weighted by Gasteiger charge is -2.17. The number of para-hydroxylation sites is 1. The van der Waals surface area contributed by atoms with Crippen molar-refractivity contribution in [3.8, 4) is 0 Å². The molecule has 3 rings (SSSR count). The molecule has 1 unspecified atom stereocenters. The largest absolute Gasteiger partial charge is 0.308 e. The first kappa shape index (κ1) is 13.7. The lowest BCUT2D eigenvalue weighted by molar-refractivity contribution is 0.673. The summed E-state index contributed by atoms with van der Waals surface area (Å²) >= 11 is 5.31. The maximum atomic E-state index is 4.83. The molecule has 20 heavy (non-hydrogen) atoms. The van der Waals surface area contributed by atoms with Gasteiger partial charge in [0.15, 0.2) is 0 Å². The molecule has 0 aliphatic heterocycles. The van der Waals surface area contributed by atoms with Crippen LogP contribution in [0.25, 0.3) is 10.9 Å². The van der Waals surface area contributed by atoms with Crippen molar-refractivity contribution < 1.29 is 0 Å². The molecule has 0 fully saturated rings. The van der Waals surface area contributed by atoms with Gasteiger partial charge in [-0.15, -0.1) is 0 Å². The van der Waals surface area contributed by atoms with Gasteiger partial charge in [0, 0.05) is 15.2 Å². The van der Waals surface area contributed by atoms with Crippen LogP contribution in [0.5, 0.6) is 0 Å². The van der Waals surface area contributed by atoms with Crippen molar-refractivity contribution in [2.24, 2.45) is 0 Å². The Morgan fingerprint density at radius 3 is 2.75 bits per heavy atom. The van der Waals surface area contributed by atoms with E-state index in [0.29, 0.717) is 0 Å². The molecule has 0 radical (unpaired) electrons. The number of rotatable bonds is 3. The highest BCUT2D eigenvalue weighted by Gasteiger charge is 2.18. The van der Waals surface area contributed by atoms with Gasteiger partial charge in [0.1, 0.15) is 0 Å². The lowest BCUT2D eigenvalue weighted by Crippen LogP contribution is -2.19. The second kappa shape index (κ2) is 5.64. The molecule has 1 aromatic carbocycles. The highest BCUT2D eigenvalue weighted by molar-refractivity contribution is 9.10. The molecule has 2 aromatic heterocycles. The molecule has 0 saturated carbocycles. The summed E-state index contributed by atoms with van der Waals surface area (Å²) in [7, 11) is 1.97. The van der Waals surface area contributed by atoms with E-state index >= 15 is 0 Å². The third-order valence-corrected chi connectivity index (χ3v) is 5.23. The molecule has 0 spiro atoms. The number of nitrogens with zero attached hydrogens (tertiary/aromatic N) is 1. The van der Waals surface area contributed by atoms with E-state index in [1.165, 1.54) is 16.5 Å². The Balaban J connectivity index is 2.15. The van der Waals surface area contributed by atoms with Gasteiger partial charge in [-0.1, -0.05) is 18.2 Å². The summed E-state index contributed by atoms with van der Waals surface area (Å²) < 4.78 is 1.13. The number of hydrogen-bond donors (Lipinski definition) is 1. The molecule has 0 aliphatic rings. The van der Waals surface area contributed by atoms with E-state index in [2.05, 4.69) is 63.2 Å². The van der Waals surface area contributed by atoms with Gasteiger partial charge in [-0.05, 0) is 58.5 Å². The molecular weight excluding hydrogens is 332 g/mol. The summed E-state index contributed by atoms with van der Waals surface area (Å²) in [5, 5.41) is 8.85. The van der Waals surface area contributed by atoms with Crippen LogP contribution in [-0.2, 0) is 0 Å². The summed E-state index contributed by atoms with van der Waals surface area (Å²) in [5.41, 5.74) is 4.61. The molecule has 2 heterocycles. The topological polar surface area (TPSA) is 24.9 Å². The van der Waals surface area contributed by atoms with Crippen molar-refractivity contribution in [1.82, 2.24) is 10.3 Å². The minimum absolute atomic E-state index is 0.110. The number of aryl methyl sites for hydroxylation is 1. The van der Waals surface area contributed by atoms with Crippen LogP contribution in [0, 0.1) is 6.92 Å². The van der Waals surface area contributed by atoms with Crippen LogP contribution in [-0.4, -0.2) is 12.0 Å². The van der Waals surface area contributed by atoms with E-state index in [-0.39, 0.29) is 6.04 Å². The number of benzene rings is 1. The van der Waals surface area contributed by atoms with Crippen LogP contribution >= 0.6 is 27.3 Å². The molecule has 0 aliphatic carbocycles. The van der Waals surface area contributed by atoms with Crippen LogP contribution in [0.3, 0.4) is 0 Å². The van der Waals surface area contributed by atoms with Crippen molar-refractivity contribution in [2.75, 3.05) is 7.05 Å². The molecule has 0 saturated heterocycles. The normalized spacial score (nSPS) is 12.8. The fourth-order valence-corrected chi connectivity index (χ4v) is 4.04. The second-order valence-corrected chi connectivity index (χ2v) is 6.38. The Morgan fingerprint density at radius 1 is 1.25 bits per heavy atom. The number of halogens is 1. The van der Waals surface area contributed by atoms with Crippen molar-refractivity contribution in [1.29, 1.82) is 0 Å². The van der Waals surface area contributed by atoms with Crippen LogP contribution in [0.1, 0.15) is 22.9 Å². The molecule has 1 N–H and O–H groups in total. The third kappa shape index (κ3) is 2.39. The van der Waals surface area contributed by atoms with Crippen LogP contribution < -0.4 is 5.32 Å². The second-order valence-electron chi connectivity index (χ2n) is 4.78. The summed E-state index contributed by atoms with van der Waals surface area (Å²) in [5.74, 6) is 0. The van der Waals surface area contributed by atoms with E-state index in [0.717, 1.165) is 15.7 Å². The summed E-state index contributed by atoms with van der Waals surface area (Å²) in [6, 6.07) is 10.6. The Morgan fingerprint density at radius 2 is 2.05 bits per heavy atom. The standard InChI is InChI=1S/C16H15BrN2S/c1-10-7-15(19-14-6-4-3-5-11(10)14)16(18-2)12-8-20-9-13(12)17/h3-9,16,18H,1-2H3. The summed E-state index contributed by atoms with van der Waals surface area (Å²) in [4.78, 5) is 4.83. The van der Waals surface area contributed by atoms with Crippen molar-refractivity contribution >= 4 is 38.2 Å². The van der Waals surface area contributed by atoms with Crippen molar-refractivity contribution in [2.45, 2.75) is 13.0 Å². The van der Waals surface area contributed by atoms with Gasteiger partial charge < -0.3 is 5.32 Å². The molecular formula is C16H15BrN2S. The minimum atomic E-state index is 0.110. The number of fused-ring (bicyclic) bond motifs is 1. The van der Waals surface area contributed by atoms with Crippen molar-refractivity contribution in [3.63, 3.8) is 0 Å². The van der Waals surface area contributed by atoms with E-state index in [9.17, 15) is 0 Å². The Kier molecular flexibility index (Phi) is 3.87. The Labute approximate surface area is 131 Å². The quantitative estimate of drug-likeness (QED) is 0.744. The number of pyridine rings is 1. The van der Waals surface area contributed by atoms with E-state index in [1.807, 2.05) is 13.1 Å². The van der Waals surface area contributed by atoms with Gasteiger partial charge in [-0.25, -0.2) is 0 Å². The zero-order valence-corrected chi connectivity index (χ0v) is 13.8. The van der Waals surface area contributed by atoms with E-state index < -0.39 is 0 Å². The molecule has 3 aromatic rings. The third-order valence-electron chi connectivity index (χ3n) is 3.48. The monoisotopic (exact) mass is 346 g/mol. The van der Waals surface area contributed by atoms with Gasteiger partial charge in [-0.3, -0.25) is 4.98 Å². The Hall–Kier alpha value is -1.23. The highest BCUT2D eigenvalue weighted by atomic mass is 79.9. The fraction of sp³-hybridized carbons (Fsp3) is 0.188. The van der Waals surface area contributed by atoms with Crippen molar-refractivity contribution in [3.05, 3.63) is 62.4 Å². The number of hydrogen-bond acceptors (Lipinski definition) is 3. The first-order valence-corrected chi connectivity index (χ1v) is 8.19. The molecule has 0 amide bonds. The summed E-state index contributed by atoms with van der Waals surface area (Å²) in [6.45, 7) is 2.14. The average molecular weight is 347 g/mol. The van der Waals surface area contributed by atoms with Gasteiger partial charge in [0.05, 0.1) is 17.3 Å². The molecule has 102 valence electrons. The SMILES string of the molecule is CNC(c1cc(C)c2ccccc2n1)c1cscc1Br. The average Bonchev–Trinajstić information content (AvgIpc) is 2.86. The van der Waals surface area contributed by atoms with Gasteiger partial charge >= 0.3 is 0 Å². The van der Waals surface area contributed by atoms with Crippen LogP contribution in [0.2, 0.25) is 0 Å². The van der Waals surface area contributed by atoms with Gasteiger partial charge in [-0.2, -0.15) is 11.3 Å². The molecule has 2 nitrogen and oxygen atoms in total. The lowest BCUT2D eigenvalue weighted by atomic mass is 10.0. The minimum Gasteiger partial charge on any atom is -0.308 e. The van der Waals surface area contributed by atoms with E-state index in [1.54, 1.807) is 11.3 Å². The first-order chi connectivity index (χ1) is 9.70. The molecule has 4 heteroatoms. The van der Waals surface area contributed by atoms with Gasteiger partial charge in [0.2, 0.25) is 0 Å². The number of thiophene rings is 1. The maximum absolute atomic E-state index is 4.83. The first-order valence-electron chi connectivity index (χ1n) is 6.46. The molecule has 1 atom stereocenters.